The second kappa shape index (κ2) is 5.65. The molecule has 0 atom stereocenters. The molecular formula is C14H10N2O3. The van der Waals surface area contributed by atoms with Crippen LogP contribution in [0.4, 0.5) is 0 Å². The lowest BCUT2D eigenvalue weighted by Gasteiger charge is -2.08. The molecule has 19 heavy (non-hydrogen) atoms. The van der Waals surface area contributed by atoms with Crippen molar-refractivity contribution >= 4 is 5.97 Å². The van der Waals surface area contributed by atoms with Gasteiger partial charge in [-0.25, -0.2) is 9.78 Å². The second-order valence-corrected chi connectivity index (χ2v) is 3.59. The van der Waals surface area contributed by atoms with Crippen LogP contribution in [0.2, 0.25) is 0 Å². The molecule has 0 saturated heterocycles. The molecule has 5 heteroatoms. The number of para-hydroxylation sites is 1. The Labute approximate surface area is 110 Å². The minimum Gasteiger partial charge on any atom is -0.465 e. The summed E-state index contributed by atoms with van der Waals surface area (Å²) < 4.78 is 10.2. The number of carbonyl (C=O) groups is 1. The number of ether oxygens (including phenoxy) is 2. The molecule has 0 amide bonds. The van der Waals surface area contributed by atoms with Gasteiger partial charge in [0.05, 0.1) is 12.7 Å². The monoisotopic (exact) mass is 254 g/mol. The van der Waals surface area contributed by atoms with Crippen LogP contribution in [0.3, 0.4) is 0 Å². The van der Waals surface area contributed by atoms with Crippen LogP contribution in [0.25, 0.3) is 0 Å². The molecule has 1 aromatic heterocycles. The summed E-state index contributed by atoms with van der Waals surface area (Å²) in [5.41, 5.74) is 0.754. The van der Waals surface area contributed by atoms with Gasteiger partial charge in [-0.1, -0.05) is 12.1 Å². The summed E-state index contributed by atoms with van der Waals surface area (Å²) >= 11 is 0. The summed E-state index contributed by atoms with van der Waals surface area (Å²) in [4.78, 5) is 15.5. The van der Waals surface area contributed by atoms with E-state index in [4.69, 9.17) is 10.00 Å². The normalized spacial score (nSPS) is 9.47. The first-order chi connectivity index (χ1) is 9.24. The largest absolute Gasteiger partial charge is 0.465 e. The number of pyridine rings is 1. The van der Waals surface area contributed by atoms with Gasteiger partial charge >= 0.3 is 5.97 Å². The van der Waals surface area contributed by atoms with E-state index in [1.165, 1.54) is 13.3 Å². The van der Waals surface area contributed by atoms with Gasteiger partial charge < -0.3 is 9.47 Å². The molecule has 0 aliphatic rings. The van der Waals surface area contributed by atoms with Crippen molar-refractivity contribution in [1.29, 1.82) is 5.26 Å². The Balaban J connectivity index is 2.28. The van der Waals surface area contributed by atoms with Crippen LogP contribution in [0.15, 0.2) is 42.6 Å². The van der Waals surface area contributed by atoms with E-state index >= 15 is 0 Å². The number of methoxy groups -OCH3 is 1. The van der Waals surface area contributed by atoms with Crippen molar-refractivity contribution < 1.29 is 14.3 Å². The fourth-order valence-electron chi connectivity index (χ4n) is 1.45. The maximum atomic E-state index is 11.6. The SMILES string of the molecule is COC(=O)c1ccccc1Oc1ccc(C#N)cn1. The number of esters is 1. The summed E-state index contributed by atoms with van der Waals surface area (Å²) in [6.07, 6.45) is 1.40. The zero-order valence-electron chi connectivity index (χ0n) is 10.2. The molecule has 0 aliphatic carbocycles. The standard InChI is InChI=1S/C14H10N2O3/c1-18-14(17)11-4-2-3-5-12(11)19-13-7-6-10(8-15)9-16-13/h2-7,9H,1H3. The molecule has 0 aliphatic heterocycles. The van der Waals surface area contributed by atoms with Crippen LogP contribution in [0.1, 0.15) is 15.9 Å². The smallest absolute Gasteiger partial charge is 0.341 e. The van der Waals surface area contributed by atoms with Gasteiger partial charge in [0.2, 0.25) is 5.88 Å². The fraction of sp³-hybridized carbons (Fsp3) is 0.0714. The Hall–Kier alpha value is -2.87. The van der Waals surface area contributed by atoms with Crippen molar-refractivity contribution in [2.45, 2.75) is 0 Å². The molecule has 0 bridgehead atoms. The van der Waals surface area contributed by atoms with Crippen LogP contribution in [0, 0.1) is 11.3 Å². The molecule has 2 aromatic rings. The van der Waals surface area contributed by atoms with Crippen LogP contribution >= 0.6 is 0 Å². The van der Waals surface area contributed by atoms with Crippen LogP contribution in [-0.4, -0.2) is 18.1 Å². The number of rotatable bonds is 3. The third-order valence-electron chi connectivity index (χ3n) is 2.37. The first kappa shape index (κ1) is 12.6. The van der Waals surface area contributed by atoms with Crippen molar-refractivity contribution in [2.24, 2.45) is 0 Å². The van der Waals surface area contributed by atoms with E-state index in [1.807, 2.05) is 6.07 Å². The van der Waals surface area contributed by atoms with Crippen molar-refractivity contribution in [2.75, 3.05) is 7.11 Å². The molecule has 0 radical (unpaired) electrons. The van der Waals surface area contributed by atoms with Crippen molar-refractivity contribution in [3.05, 3.63) is 53.7 Å². The third-order valence-corrected chi connectivity index (χ3v) is 2.37. The maximum absolute atomic E-state index is 11.6. The van der Waals surface area contributed by atoms with E-state index in [2.05, 4.69) is 9.72 Å². The zero-order chi connectivity index (χ0) is 13.7. The molecule has 1 aromatic carbocycles. The fourth-order valence-corrected chi connectivity index (χ4v) is 1.45. The average Bonchev–Trinajstić information content (AvgIpc) is 2.48. The van der Waals surface area contributed by atoms with E-state index in [1.54, 1.807) is 36.4 Å². The van der Waals surface area contributed by atoms with E-state index in [0.29, 0.717) is 22.8 Å². The van der Waals surface area contributed by atoms with Crippen LogP contribution in [0.5, 0.6) is 11.6 Å². The third kappa shape index (κ3) is 2.87. The Morgan fingerprint density at radius 1 is 1.26 bits per heavy atom. The first-order valence-corrected chi connectivity index (χ1v) is 5.46. The van der Waals surface area contributed by atoms with Gasteiger partial charge in [0.25, 0.3) is 0 Å². The summed E-state index contributed by atoms with van der Waals surface area (Å²) in [5, 5.41) is 8.68. The van der Waals surface area contributed by atoms with E-state index in [9.17, 15) is 4.79 Å². The molecule has 94 valence electrons. The highest BCUT2D eigenvalue weighted by atomic mass is 16.5. The summed E-state index contributed by atoms with van der Waals surface area (Å²) in [7, 11) is 1.30. The van der Waals surface area contributed by atoms with Crippen LogP contribution in [-0.2, 0) is 4.74 Å². The average molecular weight is 254 g/mol. The second-order valence-electron chi connectivity index (χ2n) is 3.59. The number of nitrogens with zero attached hydrogens (tertiary/aromatic N) is 2. The molecule has 5 nitrogen and oxygen atoms in total. The number of carbonyl (C=O) groups excluding carboxylic acids is 1. The molecule has 1 heterocycles. The number of benzene rings is 1. The number of hydrogen-bond donors (Lipinski definition) is 0. The summed E-state index contributed by atoms with van der Waals surface area (Å²) in [5.74, 6) is 0.172. The zero-order valence-corrected chi connectivity index (χ0v) is 10.2. The summed E-state index contributed by atoms with van der Waals surface area (Å²) in [6, 6.07) is 11.8. The lowest BCUT2D eigenvalue weighted by Crippen LogP contribution is -2.03. The molecule has 2 rings (SSSR count). The Morgan fingerprint density at radius 3 is 2.68 bits per heavy atom. The van der Waals surface area contributed by atoms with Gasteiger partial charge in [0, 0.05) is 12.3 Å². The molecule has 0 fully saturated rings. The van der Waals surface area contributed by atoms with Gasteiger partial charge in [-0.3, -0.25) is 0 Å². The van der Waals surface area contributed by atoms with Gasteiger partial charge in [0.15, 0.2) is 0 Å². The molecule has 0 spiro atoms. The lowest BCUT2D eigenvalue weighted by atomic mass is 10.2. The van der Waals surface area contributed by atoms with E-state index in [-0.39, 0.29) is 0 Å². The maximum Gasteiger partial charge on any atom is 0.341 e. The number of nitriles is 1. The molecule has 0 N–H and O–H groups in total. The highest BCUT2D eigenvalue weighted by Crippen LogP contribution is 2.24. The Morgan fingerprint density at radius 2 is 2.05 bits per heavy atom. The van der Waals surface area contributed by atoms with Crippen molar-refractivity contribution in [3.63, 3.8) is 0 Å². The van der Waals surface area contributed by atoms with E-state index < -0.39 is 5.97 Å². The number of hydrogen-bond acceptors (Lipinski definition) is 5. The first-order valence-electron chi connectivity index (χ1n) is 5.46. The molecular weight excluding hydrogens is 244 g/mol. The summed E-state index contributed by atoms with van der Waals surface area (Å²) in [6.45, 7) is 0. The topological polar surface area (TPSA) is 72.2 Å². The Kier molecular flexibility index (Phi) is 3.74. The van der Waals surface area contributed by atoms with Gasteiger partial charge in [-0.15, -0.1) is 0 Å². The van der Waals surface area contributed by atoms with E-state index in [0.717, 1.165) is 0 Å². The van der Waals surface area contributed by atoms with Crippen molar-refractivity contribution in [3.8, 4) is 17.7 Å². The Bertz CT molecular complexity index is 630. The predicted molar refractivity (Wildman–Crippen MR) is 66.8 cm³/mol. The highest BCUT2D eigenvalue weighted by molar-refractivity contribution is 5.92. The van der Waals surface area contributed by atoms with Crippen molar-refractivity contribution in [1.82, 2.24) is 4.98 Å². The quantitative estimate of drug-likeness (QED) is 0.787. The molecule has 0 saturated carbocycles. The highest BCUT2D eigenvalue weighted by Gasteiger charge is 2.13. The van der Waals surface area contributed by atoms with Gasteiger partial charge in [-0.05, 0) is 18.2 Å². The van der Waals surface area contributed by atoms with Gasteiger partial charge in [0.1, 0.15) is 17.4 Å². The molecule has 0 unspecified atom stereocenters. The van der Waals surface area contributed by atoms with Gasteiger partial charge in [-0.2, -0.15) is 5.26 Å². The minimum atomic E-state index is -0.482. The number of aromatic nitrogens is 1. The minimum absolute atomic E-state index is 0.301. The van der Waals surface area contributed by atoms with Crippen LogP contribution < -0.4 is 4.74 Å². The predicted octanol–water partition coefficient (Wildman–Crippen LogP) is 2.53. The lowest BCUT2D eigenvalue weighted by molar-refractivity contribution is 0.0598.